The minimum Gasteiger partial charge on any atom is -0.481 e. The summed E-state index contributed by atoms with van der Waals surface area (Å²) in [6.45, 7) is 0. The number of ether oxygens (including phenoxy) is 1. The van der Waals surface area contributed by atoms with Gasteiger partial charge >= 0.3 is 11.9 Å². The summed E-state index contributed by atoms with van der Waals surface area (Å²) in [4.78, 5) is 21.4. The SMILES string of the molecule is O=C(O)CCCCc1ccc2c(c1)CC(=O)O2. The zero-order chi connectivity index (χ0) is 12.3. The zero-order valence-electron chi connectivity index (χ0n) is 9.44. The average Bonchev–Trinajstić information content (AvgIpc) is 2.63. The number of hydrogen-bond acceptors (Lipinski definition) is 3. The minimum atomic E-state index is -0.752. The van der Waals surface area contributed by atoms with Gasteiger partial charge in [0, 0.05) is 12.0 Å². The highest BCUT2D eigenvalue weighted by Crippen LogP contribution is 2.27. The van der Waals surface area contributed by atoms with Crippen LogP contribution in [0, 0.1) is 0 Å². The Morgan fingerprint density at radius 1 is 1.35 bits per heavy atom. The Kier molecular flexibility index (Phi) is 3.42. The molecule has 17 heavy (non-hydrogen) atoms. The second-order valence-electron chi connectivity index (χ2n) is 4.19. The largest absolute Gasteiger partial charge is 0.481 e. The van der Waals surface area contributed by atoms with Gasteiger partial charge < -0.3 is 9.84 Å². The molecule has 2 rings (SSSR count). The number of fused-ring (bicyclic) bond motifs is 1. The highest BCUT2D eigenvalue weighted by atomic mass is 16.5. The predicted octanol–water partition coefficient (Wildman–Crippen LogP) is 1.95. The molecule has 0 amide bonds. The standard InChI is InChI=1S/C13H14O4/c14-12(15)4-2-1-3-9-5-6-11-10(7-9)8-13(16)17-11/h5-7H,1-4,8H2,(H,14,15). The van der Waals surface area contributed by atoms with E-state index in [9.17, 15) is 9.59 Å². The molecule has 0 aromatic heterocycles. The molecule has 90 valence electrons. The van der Waals surface area contributed by atoms with E-state index in [-0.39, 0.29) is 12.4 Å². The molecule has 0 unspecified atom stereocenters. The lowest BCUT2D eigenvalue weighted by Gasteiger charge is -2.02. The van der Waals surface area contributed by atoms with Crippen LogP contribution in [-0.4, -0.2) is 17.0 Å². The summed E-state index contributed by atoms with van der Waals surface area (Å²) in [5.41, 5.74) is 2.07. The van der Waals surface area contributed by atoms with Crippen LogP contribution in [0.25, 0.3) is 0 Å². The molecule has 0 saturated carbocycles. The van der Waals surface area contributed by atoms with Crippen LogP contribution in [0.15, 0.2) is 18.2 Å². The molecular weight excluding hydrogens is 220 g/mol. The van der Waals surface area contributed by atoms with Crippen molar-refractivity contribution in [1.29, 1.82) is 0 Å². The van der Waals surface area contributed by atoms with Crippen molar-refractivity contribution in [3.05, 3.63) is 29.3 Å². The summed E-state index contributed by atoms with van der Waals surface area (Å²) in [7, 11) is 0. The van der Waals surface area contributed by atoms with Gasteiger partial charge in [0.2, 0.25) is 0 Å². The van der Waals surface area contributed by atoms with Gasteiger partial charge in [-0.3, -0.25) is 9.59 Å². The van der Waals surface area contributed by atoms with Crippen LogP contribution in [0.1, 0.15) is 30.4 Å². The second kappa shape index (κ2) is 4.99. The average molecular weight is 234 g/mol. The van der Waals surface area contributed by atoms with Gasteiger partial charge in [0.1, 0.15) is 5.75 Å². The summed E-state index contributed by atoms with van der Waals surface area (Å²) in [6, 6.07) is 5.71. The minimum absolute atomic E-state index is 0.206. The van der Waals surface area contributed by atoms with Crippen LogP contribution >= 0.6 is 0 Å². The number of esters is 1. The van der Waals surface area contributed by atoms with Crippen LogP contribution < -0.4 is 4.74 Å². The molecule has 4 heteroatoms. The number of carboxylic acids is 1. The number of benzene rings is 1. The number of carbonyl (C=O) groups is 2. The number of hydrogen-bond donors (Lipinski definition) is 1. The third-order valence-corrected chi connectivity index (χ3v) is 2.79. The first-order valence-corrected chi connectivity index (χ1v) is 5.69. The summed E-state index contributed by atoms with van der Waals surface area (Å²) >= 11 is 0. The van der Waals surface area contributed by atoms with E-state index >= 15 is 0 Å². The topological polar surface area (TPSA) is 63.6 Å². The Bertz CT molecular complexity index is 451. The molecule has 0 atom stereocenters. The van der Waals surface area contributed by atoms with E-state index in [1.54, 1.807) is 0 Å². The van der Waals surface area contributed by atoms with Crippen molar-refractivity contribution < 1.29 is 19.4 Å². The van der Waals surface area contributed by atoms with Crippen LogP contribution in [-0.2, 0) is 22.4 Å². The van der Waals surface area contributed by atoms with E-state index in [1.165, 1.54) is 0 Å². The van der Waals surface area contributed by atoms with Crippen LogP contribution in [0.5, 0.6) is 5.75 Å². The fourth-order valence-electron chi connectivity index (χ4n) is 1.95. The van der Waals surface area contributed by atoms with Crippen LogP contribution in [0.2, 0.25) is 0 Å². The molecule has 4 nitrogen and oxygen atoms in total. The molecule has 0 spiro atoms. The lowest BCUT2D eigenvalue weighted by atomic mass is 10.0. The van der Waals surface area contributed by atoms with Crippen molar-refractivity contribution in [1.82, 2.24) is 0 Å². The van der Waals surface area contributed by atoms with Gasteiger partial charge in [0.25, 0.3) is 0 Å². The maximum atomic E-state index is 11.1. The van der Waals surface area contributed by atoms with Crippen molar-refractivity contribution in [2.75, 3.05) is 0 Å². The fraction of sp³-hybridized carbons (Fsp3) is 0.385. The van der Waals surface area contributed by atoms with Crippen molar-refractivity contribution in [2.45, 2.75) is 32.1 Å². The fourth-order valence-corrected chi connectivity index (χ4v) is 1.95. The Morgan fingerprint density at radius 3 is 2.94 bits per heavy atom. The molecule has 0 saturated heterocycles. The van der Waals surface area contributed by atoms with E-state index in [4.69, 9.17) is 9.84 Å². The smallest absolute Gasteiger partial charge is 0.315 e. The van der Waals surface area contributed by atoms with Crippen molar-refractivity contribution in [3.63, 3.8) is 0 Å². The number of unbranched alkanes of at least 4 members (excludes halogenated alkanes) is 1. The molecular formula is C13H14O4. The summed E-state index contributed by atoms with van der Waals surface area (Å²) in [5, 5.41) is 8.51. The van der Waals surface area contributed by atoms with Crippen LogP contribution in [0.4, 0.5) is 0 Å². The highest BCUT2D eigenvalue weighted by molar-refractivity contribution is 5.81. The summed E-state index contributed by atoms with van der Waals surface area (Å²) < 4.78 is 5.00. The van der Waals surface area contributed by atoms with Crippen molar-refractivity contribution in [2.24, 2.45) is 0 Å². The maximum Gasteiger partial charge on any atom is 0.315 e. The van der Waals surface area contributed by atoms with Crippen molar-refractivity contribution >= 4 is 11.9 Å². The normalized spacial score (nSPS) is 13.3. The Morgan fingerprint density at radius 2 is 2.18 bits per heavy atom. The van der Waals surface area contributed by atoms with Gasteiger partial charge in [0.15, 0.2) is 0 Å². The van der Waals surface area contributed by atoms with E-state index in [0.717, 1.165) is 24.0 Å². The lowest BCUT2D eigenvalue weighted by molar-refractivity contribution is -0.137. The first-order valence-electron chi connectivity index (χ1n) is 5.69. The van der Waals surface area contributed by atoms with Gasteiger partial charge in [-0.2, -0.15) is 0 Å². The highest BCUT2D eigenvalue weighted by Gasteiger charge is 2.19. The number of carbonyl (C=O) groups excluding carboxylic acids is 1. The number of carboxylic acid groups (broad SMARTS) is 1. The zero-order valence-corrected chi connectivity index (χ0v) is 9.44. The third kappa shape index (κ3) is 3.06. The van der Waals surface area contributed by atoms with Gasteiger partial charge in [0.05, 0.1) is 6.42 Å². The third-order valence-electron chi connectivity index (χ3n) is 2.79. The number of aliphatic carboxylic acids is 1. The molecule has 1 N–H and O–H groups in total. The quantitative estimate of drug-likeness (QED) is 0.480. The van der Waals surface area contributed by atoms with Gasteiger partial charge in [-0.15, -0.1) is 0 Å². The Balaban J connectivity index is 1.88. The molecule has 1 heterocycles. The first-order chi connectivity index (χ1) is 8.15. The molecule has 1 aliphatic heterocycles. The van der Waals surface area contributed by atoms with Gasteiger partial charge in [-0.1, -0.05) is 12.1 Å². The Hall–Kier alpha value is -1.84. The van der Waals surface area contributed by atoms with E-state index in [1.807, 2.05) is 18.2 Å². The van der Waals surface area contributed by atoms with Crippen LogP contribution in [0.3, 0.4) is 0 Å². The van der Waals surface area contributed by atoms with E-state index < -0.39 is 5.97 Å². The number of rotatable bonds is 5. The molecule has 0 fully saturated rings. The molecule has 0 bridgehead atoms. The number of aryl methyl sites for hydroxylation is 1. The monoisotopic (exact) mass is 234 g/mol. The summed E-state index contributed by atoms with van der Waals surface area (Å²) in [5.74, 6) is -0.301. The molecule has 0 radical (unpaired) electrons. The van der Waals surface area contributed by atoms with Crippen molar-refractivity contribution in [3.8, 4) is 5.75 Å². The second-order valence-corrected chi connectivity index (χ2v) is 4.19. The van der Waals surface area contributed by atoms with Gasteiger partial charge in [-0.25, -0.2) is 0 Å². The maximum absolute atomic E-state index is 11.1. The first kappa shape index (κ1) is 11.6. The van der Waals surface area contributed by atoms with E-state index in [2.05, 4.69) is 0 Å². The van der Waals surface area contributed by atoms with E-state index in [0.29, 0.717) is 18.6 Å². The molecule has 1 aromatic rings. The molecule has 1 aliphatic rings. The predicted molar refractivity (Wildman–Crippen MR) is 61.0 cm³/mol. The Labute approximate surface area is 99.2 Å². The summed E-state index contributed by atoms with van der Waals surface area (Å²) in [6.07, 6.45) is 2.93. The molecule has 1 aromatic carbocycles. The lowest BCUT2D eigenvalue weighted by Crippen LogP contribution is -2.00. The molecule has 0 aliphatic carbocycles. The van der Waals surface area contributed by atoms with Gasteiger partial charge in [-0.05, 0) is 30.9 Å².